The smallest absolute Gasteiger partial charge is 0.338 e. The first-order chi connectivity index (χ1) is 10.5. The minimum Gasteiger partial charge on any atom is -0.501 e. The van der Waals surface area contributed by atoms with Crippen LogP contribution in [0.15, 0.2) is 48.3 Å². The van der Waals surface area contributed by atoms with Gasteiger partial charge in [0.05, 0.1) is 25.0 Å². The van der Waals surface area contributed by atoms with E-state index in [2.05, 4.69) is 0 Å². The first-order valence-corrected chi connectivity index (χ1v) is 7.36. The fourth-order valence-corrected chi connectivity index (χ4v) is 1.96. The quantitative estimate of drug-likeness (QED) is 0.434. The van der Waals surface area contributed by atoms with Gasteiger partial charge in [0.25, 0.3) is 0 Å². The molecule has 3 heteroatoms. The molecule has 0 radical (unpaired) electrons. The maximum atomic E-state index is 11.9. The predicted molar refractivity (Wildman–Crippen MR) is 90.7 cm³/mol. The number of hydrogen-bond acceptors (Lipinski definition) is 3. The summed E-state index contributed by atoms with van der Waals surface area (Å²) in [6.07, 6.45) is 7.87. The monoisotopic (exact) mass is 300 g/mol. The highest BCUT2D eigenvalue weighted by molar-refractivity contribution is 5.91. The second kappa shape index (κ2) is 8.88. The van der Waals surface area contributed by atoms with Crippen LogP contribution in [0.5, 0.6) is 0 Å². The molecular weight excluding hydrogens is 276 g/mol. The van der Waals surface area contributed by atoms with Gasteiger partial charge in [-0.05, 0) is 62.6 Å². The van der Waals surface area contributed by atoms with Crippen LogP contribution < -0.4 is 0 Å². The lowest BCUT2D eigenvalue weighted by Gasteiger charge is -2.10. The molecule has 1 rings (SSSR count). The van der Waals surface area contributed by atoms with E-state index < -0.39 is 0 Å². The van der Waals surface area contributed by atoms with Crippen LogP contribution in [0.3, 0.4) is 0 Å². The molecule has 0 aromatic heterocycles. The number of rotatable bonds is 6. The number of benzene rings is 1. The minimum absolute atomic E-state index is 0.299. The van der Waals surface area contributed by atoms with Crippen LogP contribution >= 0.6 is 0 Å². The number of ether oxygens (including phenoxy) is 2. The maximum absolute atomic E-state index is 11.9. The zero-order valence-corrected chi connectivity index (χ0v) is 14.0. The second-order valence-electron chi connectivity index (χ2n) is 4.85. The molecule has 0 heterocycles. The summed E-state index contributed by atoms with van der Waals surface area (Å²) < 4.78 is 10.2. The third kappa shape index (κ3) is 4.92. The van der Waals surface area contributed by atoms with Gasteiger partial charge in [0, 0.05) is 0 Å². The van der Waals surface area contributed by atoms with Gasteiger partial charge in [-0.2, -0.15) is 0 Å². The molecule has 1 aromatic carbocycles. The van der Waals surface area contributed by atoms with Crippen LogP contribution in [0.2, 0.25) is 0 Å². The van der Waals surface area contributed by atoms with Crippen molar-refractivity contribution in [3.8, 4) is 0 Å². The molecule has 0 bridgehead atoms. The lowest BCUT2D eigenvalue weighted by molar-refractivity contribution is 0.0526. The Morgan fingerprint density at radius 1 is 1.27 bits per heavy atom. The molecule has 0 unspecified atom stereocenters. The van der Waals surface area contributed by atoms with E-state index in [9.17, 15) is 4.79 Å². The molecule has 3 nitrogen and oxygen atoms in total. The molecule has 0 aliphatic rings. The van der Waals surface area contributed by atoms with Crippen molar-refractivity contribution in [3.05, 3.63) is 65.0 Å². The Morgan fingerprint density at radius 2 is 2.00 bits per heavy atom. The zero-order chi connectivity index (χ0) is 16.5. The van der Waals surface area contributed by atoms with Crippen molar-refractivity contribution in [1.82, 2.24) is 0 Å². The number of esters is 1. The normalized spacial score (nSPS) is 12.6. The Balaban J connectivity index is 3.30. The van der Waals surface area contributed by atoms with Crippen molar-refractivity contribution < 1.29 is 14.3 Å². The molecule has 118 valence electrons. The van der Waals surface area contributed by atoms with Crippen LogP contribution in [0.25, 0.3) is 5.57 Å². The molecule has 0 saturated heterocycles. The molecule has 0 saturated carbocycles. The van der Waals surface area contributed by atoms with Crippen LogP contribution in [0.4, 0.5) is 0 Å². The average Bonchev–Trinajstić information content (AvgIpc) is 2.52. The predicted octanol–water partition coefficient (Wildman–Crippen LogP) is 4.68. The summed E-state index contributed by atoms with van der Waals surface area (Å²) in [6, 6.07) is 5.60. The summed E-state index contributed by atoms with van der Waals surface area (Å²) in [5.41, 5.74) is 3.68. The lowest BCUT2D eigenvalue weighted by atomic mass is 9.97. The highest BCUT2D eigenvalue weighted by atomic mass is 16.5. The molecular formula is C19H24O3. The van der Waals surface area contributed by atoms with Gasteiger partial charge in [-0.25, -0.2) is 4.79 Å². The van der Waals surface area contributed by atoms with E-state index in [-0.39, 0.29) is 5.97 Å². The molecule has 22 heavy (non-hydrogen) atoms. The maximum Gasteiger partial charge on any atom is 0.338 e. The standard InChI is InChI=1S/C19H24O3/c1-6-8-16(12-10-15(4)21-5)18-13-17(11-9-14(18)3)19(20)22-7-2/h6,8-13H,7H2,1-5H3/b8-6-,15-10+,16-12+. The summed E-state index contributed by atoms with van der Waals surface area (Å²) in [7, 11) is 1.64. The van der Waals surface area contributed by atoms with E-state index in [1.165, 1.54) is 0 Å². The average molecular weight is 300 g/mol. The summed E-state index contributed by atoms with van der Waals surface area (Å²) in [5, 5.41) is 0. The van der Waals surface area contributed by atoms with E-state index in [4.69, 9.17) is 9.47 Å². The topological polar surface area (TPSA) is 35.5 Å². The van der Waals surface area contributed by atoms with Gasteiger partial charge in [0.15, 0.2) is 0 Å². The molecule has 0 spiro atoms. The molecule has 0 aliphatic carbocycles. The summed E-state index contributed by atoms with van der Waals surface area (Å²) in [5.74, 6) is 0.522. The Hall–Kier alpha value is -2.29. The highest BCUT2D eigenvalue weighted by Crippen LogP contribution is 2.23. The number of allylic oxidation sites excluding steroid dienone is 6. The van der Waals surface area contributed by atoms with E-state index >= 15 is 0 Å². The van der Waals surface area contributed by atoms with Crippen LogP contribution in [0, 0.1) is 6.92 Å². The summed E-state index contributed by atoms with van der Waals surface area (Å²) in [4.78, 5) is 11.9. The van der Waals surface area contributed by atoms with Crippen LogP contribution in [0.1, 0.15) is 42.3 Å². The van der Waals surface area contributed by atoms with Gasteiger partial charge < -0.3 is 9.47 Å². The largest absolute Gasteiger partial charge is 0.501 e. The number of carbonyl (C=O) groups is 1. The van der Waals surface area contributed by atoms with Crippen molar-refractivity contribution in [2.75, 3.05) is 13.7 Å². The third-order valence-electron chi connectivity index (χ3n) is 3.23. The van der Waals surface area contributed by atoms with Crippen molar-refractivity contribution in [2.45, 2.75) is 27.7 Å². The van der Waals surface area contributed by atoms with Gasteiger partial charge in [-0.3, -0.25) is 0 Å². The fourth-order valence-electron chi connectivity index (χ4n) is 1.96. The zero-order valence-electron chi connectivity index (χ0n) is 14.0. The Kier molecular flexibility index (Phi) is 7.17. The first-order valence-electron chi connectivity index (χ1n) is 7.36. The van der Waals surface area contributed by atoms with Crippen LogP contribution in [-0.2, 0) is 9.47 Å². The van der Waals surface area contributed by atoms with Crippen molar-refractivity contribution >= 4 is 11.5 Å². The summed E-state index contributed by atoms with van der Waals surface area (Å²) >= 11 is 0. The van der Waals surface area contributed by atoms with Gasteiger partial charge >= 0.3 is 5.97 Å². The molecule has 0 fully saturated rings. The minimum atomic E-state index is -0.299. The number of aryl methyl sites for hydroxylation is 1. The number of carbonyl (C=O) groups excluding carboxylic acids is 1. The molecule has 0 aliphatic heterocycles. The van der Waals surface area contributed by atoms with E-state index in [1.807, 2.05) is 57.2 Å². The van der Waals surface area contributed by atoms with E-state index in [0.717, 1.165) is 22.5 Å². The van der Waals surface area contributed by atoms with Gasteiger partial charge in [0.1, 0.15) is 0 Å². The highest BCUT2D eigenvalue weighted by Gasteiger charge is 2.10. The van der Waals surface area contributed by atoms with Crippen LogP contribution in [-0.4, -0.2) is 19.7 Å². The van der Waals surface area contributed by atoms with Gasteiger partial charge in [0.2, 0.25) is 0 Å². The van der Waals surface area contributed by atoms with E-state index in [1.54, 1.807) is 20.1 Å². The van der Waals surface area contributed by atoms with Gasteiger partial charge in [-0.1, -0.05) is 24.3 Å². The molecule has 0 amide bonds. The first kappa shape index (κ1) is 17.8. The molecule has 0 atom stereocenters. The van der Waals surface area contributed by atoms with Gasteiger partial charge in [-0.15, -0.1) is 0 Å². The van der Waals surface area contributed by atoms with Crippen molar-refractivity contribution in [2.24, 2.45) is 0 Å². The Labute approximate surface area is 132 Å². The molecule has 0 N–H and O–H groups in total. The second-order valence-corrected chi connectivity index (χ2v) is 4.85. The summed E-state index contributed by atoms with van der Waals surface area (Å²) in [6.45, 7) is 8.05. The SMILES string of the molecule is C\C=C/C(=C\C=C(/C)OC)c1cc(C(=O)OCC)ccc1C. The molecule has 1 aromatic rings. The fraction of sp³-hybridized carbons (Fsp3) is 0.316. The Bertz CT molecular complexity index is 607. The van der Waals surface area contributed by atoms with Crippen molar-refractivity contribution in [1.29, 1.82) is 0 Å². The Morgan fingerprint density at radius 3 is 2.59 bits per heavy atom. The lowest BCUT2D eigenvalue weighted by Crippen LogP contribution is -2.05. The number of hydrogen-bond donors (Lipinski definition) is 0. The van der Waals surface area contributed by atoms with Crippen molar-refractivity contribution in [3.63, 3.8) is 0 Å². The number of methoxy groups -OCH3 is 1. The van der Waals surface area contributed by atoms with E-state index in [0.29, 0.717) is 12.2 Å². The third-order valence-corrected chi connectivity index (χ3v) is 3.23.